The molecule has 0 aliphatic carbocycles. The van der Waals surface area contributed by atoms with E-state index >= 15 is 0 Å². The number of sulfonamides is 1. The highest BCUT2D eigenvalue weighted by Crippen LogP contribution is 2.22. The van der Waals surface area contributed by atoms with E-state index in [4.69, 9.17) is 11.6 Å². The normalized spacial score (nSPS) is 12.0. The quantitative estimate of drug-likeness (QED) is 0.256. The lowest BCUT2D eigenvalue weighted by atomic mass is 10.1. The largest absolute Gasteiger partial charge is 0.298 e. The highest BCUT2D eigenvalue weighted by atomic mass is 35.5. The first kappa shape index (κ1) is 21.0. The molecular formula is C21H17ClFN5O2S. The summed E-state index contributed by atoms with van der Waals surface area (Å²) in [4.78, 5) is 8.26. The maximum absolute atomic E-state index is 13.6. The Labute approximate surface area is 183 Å². The predicted molar refractivity (Wildman–Crippen MR) is 117 cm³/mol. The van der Waals surface area contributed by atoms with Crippen LogP contribution in [0.25, 0.3) is 16.8 Å². The van der Waals surface area contributed by atoms with E-state index in [0.29, 0.717) is 22.1 Å². The third-order valence-electron chi connectivity index (χ3n) is 4.72. The van der Waals surface area contributed by atoms with Gasteiger partial charge in [-0.3, -0.25) is 4.40 Å². The predicted octanol–water partition coefficient (Wildman–Crippen LogP) is 4.15. The van der Waals surface area contributed by atoms with Crippen molar-refractivity contribution in [3.8, 4) is 11.1 Å². The average molecular weight is 458 g/mol. The molecule has 0 aliphatic heterocycles. The Morgan fingerprint density at radius 1 is 1.10 bits per heavy atom. The van der Waals surface area contributed by atoms with Crippen molar-refractivity contribution in [3.63, 3.8) is 0 Å². The third-order valence-corrected chi connectivity index (χ3v) is 6.73. The Hall–Kier alpha value is -3.30. The molecule has 0 radical (unpaired) electrons. The molecule has 7 nitrogen and oxygen atoms in total. The molecule has 0 atom stereocenters. The molecule has 4 rings (SSSR count). The number of rotatable bonds is 5. The van der Waals surface area contributed by atoms with Crippen LogP contribution in [0.5, 0.6) is 0 Å². The van der Waals surface area contributed by atoms with E-state index in [1.807, 2.05) is 24.4 Å². The van der Waals surface area contributed by atoms with Crippen molar-refractivity contribution in [2.75, 3.05) is 7.05 Å². The molecule has 0 aliphatic rings. The molecule has 4 aromatic rings. The van der Waals surface area contributed by atoms with Gasteiger partial charge in [0.1, 0.15) is 16.6 Å². The fraction of sp³-hybridized carbons (Fsp3) is 0.0952. The number of fused-ring (bicyclic) bond motifs is 1. The zero-order valence-corrected chi connectivity index (χ0v) is 18.1. The second kappa shape index (κ2) is 8.09. The van der Waals surface area contributed by atoms with Crippen LogP contribution in [-0.2, 0) is 10.0 Å². The number of hydrogen-bond donors (Lipinski definition) is 0. The van der Waals surface area contributed by atoms with Gasteiger partial charge in [0, 0.05) is 30.6 Å². The SMILES string of the molecule is Cc1ccc(F)cc1S(=O)(=O)N(C)N=Cc1cnc2ccc(-c3ccc(Cl)nc3)cn12. The number of pyridine rings is 2. The molecule has 0 amide bonds. The van der Waals surface area contributed by atoms with Gasteiger partial charge in [-0.1, -0.05) is 17.7 Å². The van der Waals surface area contributed by atoms with Crippen molar-refractivity contribution >= 4 is 33.5 Å². The third kappa shape index (κ3) is 4.14. The highest BCUT2D eigenvalue weighted by molar-refractivity contribution is 7.89. The molecule has 0 N–H and O–H groups in total. The van der Waals surface area contributed by atoms with Crippen LogP contribution in [0.2, 0.25) is 5.15 Å². The van der Waals surface area contributed by atoms with Crippen molar-refractivity contribution in [1.29, 1.82) is 0 Å². The lowest BCUT2D eigenvalue weighted by Crippen LogP contribution is -2.23. The maximum atomic E-state index is 13.6. The minimum Gasteiger partial charge on any atom is -0.298 e. The van der Waals surface area contributed by atoms with Gasteiger partial charge in [-0.15, -0.1) is 0 Å². The summed E-state index contributed by atoms with van der Waals surface area (Å²) in [6, 6.07) is 10.9. The van der Waals surface area contributed by atoms with Gasteiger partial charge in [0.25, 0.3) is 10.0 Å². The summed E-state index contributed by atoms with van der Waals surface area (Å²) < 4.78 is 41.8. The second-order valence-corrected chi connectivity index (χ2v) is 9.10. The molecule has 0 saturated carbocycles. The van der Waals surface area contributed by atoms with Crippen LogP contribution >= 0.6 is 11.6 Å². The molecule has 3 aromatic heterocycles. The number of nitrogens with zero attached hydrogens (tertiary/aromatic N) is 5. The van der Waals surface area contributed by atoms with E-state index in [-0.39, 0.29) is 4.90 Å². The van der Waals surface area contributed by atoms with Crippen molar-refractivity contribution in [2.45, 2.75) is 11.8 Å². The maximum Gasteiger partial charge on any atom is 0.279 e. The van der Waals surface area contributed by atoms with Gasteiger partial charge in [-0.05, 0) is 48.9 Å². The van der Waals surface area contributed by atoms with Crippen LogP contribution in [0.4, 0.5) is 4.39 Å². The summed E-state index contributed by atoms with van der Waals surface area (Å²) in [5.74, 6) is -0.632. The van der Waals surface area contributed by atoms with E-state index in [9.17, 15) is 12.8 Å². The molecule has 0 spiro atoms. The van der Waals surface area contributed by atoms with Crippen LogP contribution in [0, 0.1) is 12.7 Å². The molecule has 10 heteroatoms. The van der Waals surface area contributed by atoms with E-state index in [0.717, 1.165) is 21.6 Å². The smallest absolute Gasteiger partial charge is 0.279 e. The zero-order valence-electron chi connectivity index (χ0n) is 16.6. The Balaban J connectivity index is 1.67. The Kier molecular flexibility index (Phi) is 5.47. The Morgan fingerprint density at radius 3 is 2.61 bits per heavy atom. The monoisotopic (exact) mass is 457 g/mol. The van der Waals surface area contributed by atoms with Gasteiger partial charge >= 0.3 is 0 Å². The molecule has 158 valence electrons. The lowest BCUT2D eigenvalue weighted by Gasteiger charge is -2.15. The first-order valence-electron chi connectivity index (χ1n) is 9.14. The fourth-order valence-corrected chi connectivity index (χ4v) is 4.31. The van der Waals surface area contributed by atoms with E-state index in [1.165, 1.54) is 25.4 Å². The summed E-state index contributed by atoms with van der Waals surface area (Å²) in [7, 11) is -2.71. The number of imidazole rings is 1. The molecule has 0 unspecified atom stereocenters. The first-order chi connectivity index (χ1) is 14.8. The van der Waals surface area contributed by atoms with Gasteiger partial charge < -0.3 is 0 Å². The molecule has 1 aromatic carbocycles. The van der Waals surface area contributed by atoms with Gasteiger partial charge in [-0.25, -0.2) is 14.4 Å². The first-order valence-corrected chi connectivity index (χ1v) is 11.0. The van der Waals surface area contributed by atoms with E-state index in [2.05, 4.69) is 15.1 Å². The fourth-order valence-electron chi connectivity index (χ4n) is 3.01. The highest BCUT2D eigenvalue weighted by Gasteiger charge is 2.22. The summed E-state index contributed by atoms with van der Waals surface area (Å²) in [6.07, 6.45) is 6.47. The van der Waals surface area contributed by atoms with Gasteiger partial charge in [-0.2, -0.15) is 17.9 Å². The molecule has 0 bridgehead atoms. The minimum absolute atomic E-state index is 0.136. The summed E-state index contributed by atoms with van der Waals surface area (Å²) >= 11 is 5.85. The number of aromatic nitrogens is 3. The van der Waals surface area contributed by atoms with Crippen molar-refractivity contribution in [1.82, 2.24) is 18.8 Å². The topological polar surface area (TPSA) is 79.9 Å². The van der Waals surface area contributed by atoms with Gasteiger partial charge in [0.15, 0.2) is 0 Å². The number of hydrogen-bond acceptors (Lipinski definition) is 5. The van der Waals surface area contributed by atoms with Crippen LogP contribution < -0.4 is 0 Å². The molecular weight excluding hydrogens is 441 g/mol. The molecule has 0 fully saturated rings. The van der Waals surface area contributed by atoms with Crippen LogP contribution in [-0.4, -0.2) is 40.5 Å². The van der Waals surface area contributed by atoms with Crippen molar-refractivity contribution < 1.29 is 12.8 Å². The van der Waals surface area contributed by atoms with Gasteiger partial charge in [0.2, 0.25) is 0 Å². The molecule has 3 heterocycles. The number of halogens is 2. The number of hydrazone groups is 1. The van der Waals surface area contributed by atoms with Crippen LogP contribution in [0.15, 0.2) is 71.1 Å². The summed E-state index contributed by atoms with van der Waals surface area (Å²) in [5, 5.41) is 4.46. The van der Waals surface area contributed by atoms with Gasteiger partial charge in [0.05, 0.1) is 23.0 Å². The molecule has 31 heavy (non-hydrogen) atoms. The standard InChI is InChI=1S/C21H17ClFN5O2S/c1-14-3-6-17(23)9-19(14)31(29,30)27(2)26-12-18-11-25-21-8-5-16(13-28(18)21)15-4-7-20(22)24-10-15/h3-13H,1-2H3. The average Bonchev–Trinajstić information content (AvgIpc) is 3.16. The molecule has 0 saturated heterocycles. The number of benzene rings is 1. The van der Waals surface area contributed by atoms with Crippen molar-refractivity contribution in [3.05, 3.63) is 83.3 Å². The number of aryl methyl sites for hydroxylation is 1. The zero-order chi connectivity index (χ0) is 22.2. The lowest BCUT2D eigenvalue weighted by molar-refractivity contribution is 0.489. The summed E-state index contributed by atoms with van der Waals surface area (Å²) in [6.45, 7) is 1.60. The Bertz CT molecular complexity index is 1400. The van der Waals surface area contributed by atoms with Crippen molar-refractivity contribution in [2.24, 2.45) is 5.10 Å². The second-order valence-electron chi connectivity index (χ2n) is 6.79. The van der Waals surface area contributed by atoms with Crippen LogP contribution in [0.3, 0.4) is 0 Å². The summed E-state index contributed by atoms with van der Waals surface area (Å²) in [5.41, 5.74) is 3.40. The Morgan fingerprint density at radius 2 is 1.87 bits per heavy atom. The van der Waals surface area contributed by atoms with Crippen LogP contribution in [0.1, 0.15) is 11.3 Å². The van der Waals surface area contributed by atoms with E-state index < -0.39 is 15.8 Å². The van der Waals surface area contributed by atoms with E-state index in [1.54, 1.807) is 29.8 Å². The minimum atomic E-state index is -4.01.